The lowest BCUT2D eigenvalue weighted by molar-refractivity contribution is -0.133. The van der Waals surface area contributed by atoms with Gasteiger partial charge in [-0.2, -0.15) is 0 Å². The summed E-state index contributed by atoms with van der Waals surface area (Å²) in [6.45, 7) is 6.01. The molecule has 53 heavy (non-hydrogen) atoms. The van der Waals surface area contributed by atoms with Crippen LogP contribution in [-0.2, 0) is 9.59 Å². The molecule has 4 aromatic rings. The van der Waals surface area contributed by atoms with Crippen LogP contribution in [0.5, 0.6) is 17.2 Å². The minimum absolute atomic E-state index is 0.0296. The highest BCUT2D eigenvalue weighted by Crippen LogP contribution is 2.49. The predicted molar refractivity (Wildman–Crippen MR) is 207 cm³/mol. The number of amides is 2. The second kappa shape index (κ2) is 15.5. The molecule has 9 nitrogen and oxygen atoms in total. The molecular weight excluding hydrogens is 665 g/mol. The van der Waals surface area contributed by atoms with E-state index in [1.165, 1.54) is 29.7 Å². The SMILES string of the molecule is COc1cc(N2CCC(CN3CCC(c4ccc(N[C@H]5CCC(=O)NC5=O)cc4)CC3)CC2)ccc1[C@@H]1c2ccc(O)cc2OC[C@@H]1c1ccccc1. The summed E-state index contributed by atoms with van der Waals surface area (Å²) in [5.41, 5.74) is 6.92. The molecule has 0 bridgehead atoms. The molecule has 9 heteroatoms. The van der Waals surface area contributed by atoms with Gasteiger partial charge in [0.05, 0.1) is 13.7 Å². The number of hydrogen-bond donors (Lipinski definition) is 3. The molecule has 0 radical (unpaired) electrons. The van der Waals surface area contributed by atoms with Gasteiger partial charge >= 0.3 is 0 Å². The van der Waals surface area contributed by atoms with Crippen molar-refractivity contribution in [2.24, 2.45) is 5.92 Å². The number of nitrogens with one attached hydrogen (secondary N) is 2. The summed E-state index contributed by atoms with van der Waals surface area (Å²) >= 11 is 0. The Morgan fingerprint density at radius 1 is 0.830 bits per heavy atom. The zero-order chi connectivity index (χ0) is 36.3. The normalized spacial score (nSPS) is 22.8. The van der Waals surface area contributed by atoms with E-state index in [2.05, 4.69) is 87.2 Å². The number of rotatable bonds is 9. The second-order valence-electron chi connectivity index (χ2n) is 15.2. The Bertz CT molecular complexity index is 1900. The number of ether oxygens (including phenoxy) is 2. The maximum Gasteiger partial charge on any atom is 0.249 e. The minimum atomic E-state index is -0.358. The third kappa shape index (κ3) is 7.72. The van der Waals surface area contributed by atoms with E-state index in [9.17, 15) is 14.7 Å². The molecule has 3 N–H and O–H groups in total. The van der Waals surface area contributed by atoms with E-state index >= 15 is 0 Å². The van der Waals surface area contributed by atoms with Crippen LogP contribution in [0.4, 0.5) is 11.4 Å². The van der Waals surface area contributed by atoms with E-state index in [1.807, 2.05) is 12.1 Å². The number of nitrogens with zero attached hydrogens (tertiary/aromatic N) is 2. The predicted octanol–water partition coefficient (Wildman–Crippen LogP) is 7.02. The first-order valence-corrected chi connectivity index (χ1v) is 19.3. The number of carbonyl (C=O) groups excluding carboxylic acids is 2. The van der Waals surface area contributed by atoms with Crippen LogP contribution < -0.4 is 25.0 Å². The van der Waals surface area contributed by atoms with Crippen molar-refractivity contribution < 1.29 is 24.2 Å². The number of fused-ring (bicyclic) bond motifs is 1. The summed E-state index contributed by atoms with van der Waals surface area (Å²) in [6.07, 6.45) is 5.59. The number of piperidine rings is 3. The maximum atomic E-state index is 12.1. The second-order valence-corrected chi connectivity index (χ2v) is 15.2. The molecule has 4 aliphatic heterocycles. The monoisotopic (exact) mass is 714 g/mol. The number of benzene rings is 4. The van der Waals surface area contributed by atoms with Crippen molar-refractivity contribution in [1.82, 2.24) is 10.2 Å². The highest BCUT2D eigenvalue weighted by molar-refractivity contribution is 6.01. The molecule has 0 spiro atoms. The zero-order valence-corrected chi connectivity index (χ0v) is 30.5. The first-order valence-electron chi connectivity index (χ1n) is 19.3. The Morgan fingerprint density at radius 3 is 2.32 bits per heavy atom. The number of phenolic OH excluding ortho intramolecular Hbond substituents is 1. The van der Waals surface area contributed by atoms with E-state index in [0.29, 0.717) is 31.3 Å². The number of methoxy groups -OCH3 is 1. The Balaban J connectivity index is 0.858. The Hall–Kier alpha value is -5.02. The summed E-state index contributed by atoms with van der Waals surface area (Å²) in [5.74, 6) is 2.80. The van der Waals surface area contributed by atoms with Crippen LogP contribution in [0.25, 0.3) is 0 Å². The number of anilines is 2. The van der Waals surface area contributed by atoms with Crippen molar-refractivity contribution >= 4 is 23.2 Å². The first kappa shape index (κ1) is 35.0. The summed E-state index contributed by atoms with van der Waals surface area (Å²) in [7, 11) is 1.77. The highest BCUT2D eigenvalue weighted by Gasteiger charge is 2.36. The van der Waals surface area contributed by atoms with Crippen molar-refractivity contribution in [1.29, 1.82) is 0 Å². The number of hydrogen-bond acceptors (Lipinski definition) is 8. The Kier molecular flexibility index (Phi) is 10.3. The van der Waals surface area contributed by atoms with Crippen LogP contribution in [0.3, 0.4) is 0 Å². The molecular formula is C44H50N4O5. The van der Waals surface area contributed by atoms with Gasteiger partial charge in [-0.05, 0) is 92.4 Å². The average Bonchev–Trinajstić information content (AvgIpc) is 3.19. The van der Waals surface area contributed by atoms with Crippen molar-refractivity contribution in [2.75, 3.05) is 56.7 Å². The fraction of sp³-hybridized carbons (Fsp3) is 0.409. The number of carbonyl (C=O) groups is 2. The summed E-state index contributed by atoms with van der Waals surface area (Å²) in [5, 5.41) is 15.9. The van der Waals surface area contributed by atoms with Gasteiger partial charge in [0.1, 0.15) is 23.3 Å². The van der Waals surface area contributed by atoms with Gasteiger partial charge in [0.15, 0.2) is 0 Å². The van der Waals surface area contributed by atoms with Crippen molar-refractivity contribution in [3.63, 3.8) is 0 Å². The summed E-state index contributed by atoms with van der Waals surface area (Å²) in [6, 6.07) is 30.9. The van der Waals surface area contributed by atoms with E-state index in [-0.39, 0.29) is 35.4 Å². The number of imide groups is 1. The lowest BCUT2D eigenvalue weighted by Crippen LogP contribution is -2.47. The first-order chi connectivity index (χ1) is 25.9. The van der Waals surface area contributed by atoms with Crippen molar-refractivity contribution in [3.05, 3.63) is 113 Å². The molecule has 0 aromatic heterocycles. The number of aromatic hydroxyl groups is 1. The number of likely N-dealkylation sites (tertiary alicyclic amines) is 1. The molecule has 3 fully saturated rings. The smallest absolute Gasteiger partial charge is 0.249 e. The van der Waals surface area contributed by atoms with Crippen LogP contribution in [-0.4, -0.2) is 74.3 Å². The van der Waals surface area contributed by atoms with E-state index in [1.54, 1.807) is 19.2 Å². The third-order valence-electron chi connectivity index (χ3n) is 12.0. The van der Waals surface area contributed by atoms with Crippen molar-refractivity contribution in [3.8, 4) is 17.2 Å². The maximum absolute atomic E-state index is 12.1. The average molecular weight is 715 g/mol. The Labute approximate surface area is 312 Å². The van der Waals surface area contributed by atoms with E-state index < -0.39 is 0 Å². The van der Waals surface area contributed by atoms with Gasteiger partial charge in [-0.15, -0.1) is 0 Å². The van der Waals surface area contributed by atoms with Gasteiger partial charge in [-0.3, -0.25) is 14.9 Å². The minimum Gasteiger partial charge on any atom is -0.508 e. The standard InChI is InChI=1S/C44H50N4O5/c1-52-40-25-34(11-13-36(40)43-37-14-12-35(49)26-41(37)53-28-38(43)32-5-3-2-4-6-32)48-23-17-29(18-24-48)27-47-21-19-31(20-22-47)30-7-9-33(10-8-30)45-39-15-16-42(50)46-44(39)51/h2-14,25-26,29,31,38-39,43,45,49H,15-24,27-28H2,1H3,(H,46,50,51)/t38-,39+,43-/m1/s1. The van der Waals surface area contributed by atoms with Gasteiger partial charge < -0.3 is 29.7 Å². The zero-order valence-electron chi connectivity index (χ0n) is 30.5. The van der Waals surface area contributed by atoms with Gasteiger partial charge in [0.2, 0.25) is 11.8 Å². The lowest BCUT2D eigenvalue weighted by Gasteiger charge is -2.39. The third-order valence-corrected chi connectivity index (χ3v) is 12.0. The molecule has 3 saturated heterocycles. The van der Waals surface area contributed by atoms with Crippen LogP contribution in [0, 0.1) is 5.92 Å². The molecule has 0 unspecified atom stereocenters. The van der Waals surface area contributed by atoms with Crippen LogP contribution >= 0.6 is 0 Å². The summed E-state index contributed by atoms with van der Waals surface area (Å²) < 4.78 is 12.3. The molecule has 4 aromatic carbocycles. The molecule has 2 amide bonds. The molecule has 0 aliphatic carbocycles. The Morgan fingerprint density at radius 2 is 1.58 bits per heavy atom. The number of phenols is 1. The molecule has 4 aliphatic rings. The fourth-order valence-electron chi connectivity index (χ4n) is 9.00. The quantitative estimate of drug-likeness (QED) is 0.159. The largest absolute Gasteiger partial charge is 0.508 e. The van der Waals surface area contributed by atoms with Crippen LogP contribution in [0.1, 0.15) is 78.5 Å². The van der Waals surface area contributed by atoms with Crippen LogP contribution in [0.2, 0.25) is 0 Å². The van der Waals surface area contributed by atoms with Gasteiger partial charge in [-0.1, -0.05) is 54.6 Å². The van der Waals surface area contributed by atoms with Crippen molar-refractivity contribution in [2.45, 2.75) is 62.3 Å². The molecule has 0 saturated carbocycles. The molecule has 4 heterocycles. The summed E-state index contributed by atoms with van der Waals surface area (Å²) in [4.78, 5) is 28.8. The molecule has 8 rings (SSSR count). The van der Waals surface area contributed by atoms with E-state index in [4.69, 9.17) is 9.47 Å². The van der Waals surface area contributed by atoms with Gasteiger partial charge in [-0.25, -0.2) is 0 Å². The van der Waals surface area contributed by atoms with Gasteiger partial charge in [0.25, 0.3) is 0 Å². The highest BCUT2D eigenvalue weighted by atomic mass is 16.5. The molecule has 3 atom stereocenters. The van der Waals surface area contributed by atoms with E-state index in [0.717, 1.165) is 73.9 Å². The van der Waals surface area contributed by atoms with Crippen LogP contribution in [0.15, 0.2) is 91.0 Å². The lowest BCUT2D eigenvalue weighted by atomic mass is 9.75. The topological polar surface area (TPSA) is 103 Å². The fourth-order valence-corrected chi connectivity index (χ4v) is 9.00. The van der Waals surface area contributed by atoms with Gasteiger partial charge in [0, 0.05) is 72.5 Å². The molecule has 276 valence electrons.